The van der Waals surface area contributed by atoms with E-state index in [0.29, 0.717) is 18.2 Å². The number of aromatic nitrogens is 5. The van der Waals surface area contributed by atoms with Gasteiger partial charge in [-0.1, -0.05) is 6.92 Å². The van der Waals surface area contributed by atoms with Crippen LogP contribution in [0.15, 0.2) is 42.9 Å². The average molecular weight is 498 g/mol. The van der Waals surface area contributed by atoms with Crippen LogP contribution in [-0.2, 0) is 9.59 Å². The molecule has 0 aromatic carbocycles. The van der Waals surface area contributed by atoms with E-state index >= 15 is 0 Å². The molecule has 1 N–H and O–H groups in total. The molecule has 10 heteroatoms. The molecule has 0 aliphatic carbocycles. The Morgan fingerprint density at radius 3 is 2.74 bits per heavy atom. The molecule has 6 rings (SSSR count). The molecular weight excluding hydrogens is 466 g/mol. The lowest BCUT2D eigenvalue weighted by Crippen LogP contribution is -2.26. The second-order valence-corrected chi connectivity index (χ2v) is 8.83. The van der Waals surface area contributed by atoms with Crippen molar-refractivity contribution in [1.29, 1.82) is 0 Å². The van der Waals surface area contributed by atoms with E-state index in [1.807, 2.05) is 47.3 Å². The van der Waals surface area contributed by atoms with Crippen molar-refractivity contribution in [3.63, 3.8) is 0 Å². The van der Waals surface area contributed by atoms with Gasteiger partial charge in [-0.3, -0.25) is 9.59 Å². The van der Waals surface area contributed by atoms with E-state index in [2.05, 4.69) is 26.2 Å². The molecule has 35 heavy (non-hydrogen) atoms. The summed E-state index contributed by atoms with van der Waals surface area (Å²) < 4.78 is 1.63. The molecule has 2 saturated heterocycles. The summed E-state index contributed by atoms with van der Waals surface area (Å²) in [6.45, 7) is 5.47. The maximum absolute atomic E-state index is 11.0. The number of fused-ring (bicyclic) bond motifs is 2. The molecule has 4 aromatic heterocycles. The van der Waals surface area contributed by atoms with E-state index in [4.69, 9.17) is 0 Å². The number of nitrogens with one attached hydrogen (secondary N) is 1. The second-order valence-electron chi connectivity index (χ2n) is 8.83. The summed E-state index contributed by atoms with van der Waals surface area (Å²) in [6.07, 6.45) is 10.3. The SMILES string of the molecule is CCC(=O)N1CCCC1.Cl.O=CN1CCC(c2cc3c(-c4cnn5ncccc45)ccnc3[nH]2)C1.[HH]. The Kier molecular flexibility index (Phi) is 7.65. The number of hydrogen-bond donors (Lipinski definition) is 1. The van der Waals surface area contributed by atoms with Gasteiger partial charge < -0.3 is 14.8 Å². The summed E-state index contributed by atoms with van der Waals surface area (Å²) >= 11 is 0. The van der Waals surface area contributed by atoms with Gasteiger partial charge in [-0.15, -0.1) is 12.4 Å². The Morgan fingerprint density at radius 1 is 1.17 bits per heavy atom. The van der Waals surface area contributed by atoms with Crippen molar-refractivity contribution in [2.24, 2.45) is 0 Å². The van der Waals surface area contributed by atoms with Gasteiger partial charge in [-0.2, -0.15) is 14.8 Å². The highest BCUT2D eigenvalue weighted by Gasteiger charge is 2.25. The first-order valence-electron chi connectivity index (χ1n) is 11.9. The van der Waals surface area contributed by atoms with E-state index in [0.717, 1.165) is 72.4 Å². The number of halogens is 1. The molecule has 2 fully saturated rings. The van der Waals surface area contributed by atoms with Crippen molar-refractivity contribution in [2.45, 2.75) is 38.5 Å². The third-order valence-corrected chi connectivity index (χ3v) is 6.72. The quantitative estimate of drug-likeness (QED) is 0.431. The van der Waals surface area contributed by atoms with Crippen LogP contribution in [0.25, 0.3) is 27.7 Å². The molecule has 2 aliphatic heterocycles. The highest BCUT2D eigenvalue weighted by Crippen LogP contribution is 2.34. The Morgan fingerprint density at radius 2 is 2.00 bits per heavy atom. The zero-order valence-electron chi connectivity index (χ0n) is 19.8. The molecule has 0 radical (unpaired) electrons. The van der Waals surface area contributed by atoms with Gasteiger partial charge >= 0.3 is 0 Å². The van der Waals surface area contributed by atoms with Gasteiger partial charge in [0.25, 0.3) is 0 Å². The van der Waals surface area contributed by atoms with Crippen LogP contribution in [0.2, 0.25) is 0 Å². The zero-order valence-corrected chi connectivity index (χ0v) is 20.6. The third-order valence-electron chi connectivity index (χ3n) is 6.72. The van der Waals surface area contributed by atoms with Gasteiger partial charge in [0.05, 0.1) is 11.7 Å². The van der Waals surface area contributed by atoms with Crippen molar-refractivity contribution in [2.75, 3.05) is 26.2 Å². The van der Waals surface area contributed by atoms with Crippen LogP contribution in [0.3, 0.4) is 0 Å². The molecule has 186 valence electrons. The Labute approximate surface area is 211 Å². The van der Waals surface area contributed by atoms with E-state index in [1.54, 1.807) is 10.8 Å². The lowest BCUT2D eigenvalue weighted by molar-refractivity contribution is -0.129. The van der Waals surface area contributed by atoms with Gasteiger partial charge in [-0.25, -0.2) is 4.98 Å². The molecule has 1 unspecified atom stereocenters. The van der Waals surface area contributed by atoms with Crippen LogP contribution in [0, 0.1) is 0 Å². The van der Waals surface area contributed by atoms with Crippen molar-refractivity contribution in [1.82, 2.24) is 34.6 Å². The standard InChI is InChI=1S/C18H16N6O.C7H13NO.ClH.H2/c25-11-23-7-4-12(10-23)16-8-14-13(3-6-19-18(14)22-16)15-9-21-24-17(15)2-1-5-20-24;1-2-7(9)8-5-3-4-6-8;;/h1-3,5-6,8-9,11-12H,4,7,10H2,(H,19,22);2-6H2,1H3;2*1H. The highest BCUT2D eigenvalue weighted by molar-refractivity contribution is 5.97. The number of aromatic amines is 1. The topological polar surface area (TPSA) is 99.5 Å². The summed E-state index contributed by atoms with van der Waals surface area (Å²) in [5.41, 5.74) is 5.08. The van der Waals surface area contributed by atoms with E-state index in [-0.39, 0.29) is 13.8 Å². The molecule has 0 saturated carbocycles. The predicted molar refractivity (Wildman–Crippen MR) is 139 cm³/mol. The van der Waals surface area contributed by atoms with Gasteiger partial charge in [0.15, 0.2) is 0 Å². The van der Waals surface area contributed by atoms with E-state index in [9.17, 15) is 9.59 Å². The van der Waals surface area contributed by atoms with E-state index < -0.39 is 0 Å². The first-order chi connectivity index (χ1) is 16.7. The van der Waals surface area contributed by atoms with Crippen molar-refractivity contribution in [3.05, 3.63) is 48.5 Å². The fourth-order valence-corrected chi connectivity index (χ4v) is 4.87. The van der Waals surface area contributed by atoms with Crippen molar-refractivity contribution >= 4 is 41.3 Å². The number of amides is 2. The van der Waals surface area contributed by atoms with Crippen LogP contribution in [0.5, 0.6) is 0 Å². The Hall–Kier alpha value is -3.46. The molecule has 9 nitrogen and oxygen atoms in total. The molecular formula is C25H32ClN7O2. The smallest absolute Gasteiger partial charge is 0.222 e. The van der Waals surface area contributed by atoms with Crippen LogP contribution < -0.4 is 0 Å². The highest BCUT2D eigenvalue weighted by atomic mass is 35.5. The van der Waals surface area contributed by atoms with Crippen LogP contribution in [0.4, 0.5) is 0 Å². The van der Waals surface area contributed by atoms with E-state index in [1.165, 1.54) is 12.8 Å². The first-order valence-corrected chi connectivity index (χ1v) is 11.9. The summed E-state index contributed by atoms with van der Waals surface area (Å²) in [7, 11) is 0. The van der Waals surface area contributed by atoms with Crippen LogP contribution >= 0.6 is 12.4 Å². The maximum Gasteiger partial charge on any atom is 0.222 e. The molecule has 0 bridgehead atoms. The van der Waals surface area contributed by atoms with Gasteiger partial charge in [-0.05, 0) is 49.1 Å². The van der Waals surface area contributed by atoms with Crippen LogP contribution in [-0.4, -0.2) is 73.1 Å². The molecule has 6 heterocycles. The third kappa shape index (κ3) is 5.00. The number of carbonyl (C=O) groups excluding carboxylic acids is 2. The van der Waals surface area contributed by atoms with Gasteiger partial charge in [0.1, 0.15) is 5.65 Å². The zero-order chi connectivity index (χ0) is 23.5. The number of pyridine rings is 1. The largest absolute Gasteiger partial charge is 0.345 e. The molecule has 1 atom stereocenters. The van der Waals surface area contributed by atoms with Crippen LogP contribution in [0.1, 0.15) is 45.6 Å². The number of carbonyl (C=O) groups is 2. The lowest BCUT2D eigenvalue weighted by Gasteiger charge is -2.12. The summed E-state index contributed by atoms with van der Waals surface area (Å²) in [4.78, 5) is 33.6. The first kappa shape index (κ1) is 24.7. The monoisotopic (exact) mass is 497 g/mol. The maximum atomic E-state index is 11.0. The minimum absolute atomic E-state index is 0. The Balaban J connectivity index is 0.000000282. The summed E-state index contributed by atoms with van der Waals surface area (Å²) in [5.74, 6) is 0.644. The van der Waals surface area contributed by atoms with Crippen molar-refractivity contribution < 1.29 is 11.0 Å². The molecule has 2 aliphatic rings. The number of likely N-dealkylation sites (tertiary alicyclic amines) is 2. The fourth-order valence-electron chi connectivity index (χ4n) is 4.87. The Bertz CT molecular complexity index is 1320. The van der Waals surface area contributed by atoms with Crippen molar-refractivity contribution in [3.8, 4) is 11.1 Å². The molecule has 0 spiro atoms. The number of H-pyrrole nitrogens is 1. The van der Waals surface area contributed by atoms with Gasteiger partial charge in [0.2, 0.25) is 12.3 Å². The normalized spacial score (nSPS) is 17.3. The minimum atomic E-state index is 0. The second kappa shape index (κ2) is 10.9. The molecule has 2 amide bonds. The molecule has 4 aromatic rings. The predicted octanol–water partition coefficient (Wildman–Crippen LogP) is 3.90. The number of nitrogens with zero attached hydrogens (tertiary/aromatic N) is 6. The average Bonchev–Trinajstić information content (AvgIpc) is 3.68. The minimum Gasteiger partial charge on any atom is -0.345 e. The fraction of sp³-hybridized carbons (Fsp3) is 0.400. The lowest BCUT2D eigenvalue weighted by atomic mass is 10.0. The summed E-state index contributed by atoms with van der Waals surface area (Å²) in [5, 5.41) is 9.64. The summed E-state index contributed by atoms with van der Waals surface area (Å²) in [6, 6.07) is 8.09. The number of hydrogen-bond acceptors (Lipinski definition) is 5. The van der Waals surface area contributed by atoms with Gasteiger partial charge in [0, 0.05) is 69.0 Å². The number of rotatable bonds is 4.